The number of aliphatic hydroxyl groups is 1. The monoisotopic (exact) mass is 487 g/mol. The van der Waals surface area contributed by atoms with Crippen molar-refractivity contribution in [2.75, 3.05) is 33.3 Å². The predicted octanol–water partition coefficient (Wildman–Crippen LogP) is 7.66. The van der Waals surface area contributed by atoms with Crippen molar-refractivity contribution < 1.29 is 19.5 Å². The zero-order valence-corrected chi connectivity index (χ0v) is 24.5. The first-order valence-electron chi connectivity index (χ1n) is 14.9. The smallest absolute Gasteiger partial charge is 0.0784 e. The minimum atomic E-state index is -1.08. The van der Waals surface area contributed by atoms with Crippen LogP contribution in [0.2, 0.25) is 0 Å². The van der Waals surface area contributed by atoms with E-state index < -0.39 is 5.97 Å². The van der Waals surface area contributed by atoms with Gasteiger partial charge in [-0.05, 0) is 51.9 Å². The van der Waals surface area contributed by atoms with E-state index in [0.717, 1.165) is 13.3 Å². The largest absolute Gasteiger partial charge is 0.550 e. The van der Waals surface area contributed by atoms with Gasteiger partial charge < -0.3 is 19.5 Å². The number of carboxylic acid groups (broad SMARTS) is 1. The second kappa shape index (κ2) is 32.4. The molecule has 0 aliphatic carbocycles. The van der Waals surface area contributed by atoms with Gasteiger partial charge >= 0.3 is 0 Å². The van der Waals surface area contributed by atoms with Crippen LogP contribution in [0.5, 0.6) is 0 Å². The molecule has 4 nitrogen and oxygen atoms in total. The molecule has 0 atom stereocenters. The van der Waals surface area contributed by atoms with Crippen molar-refractivity contribution in [3.8, 4) is 0 Å². The number of carbonyl (C=O) groups is 1. The number of carbonyl (C=O) groups excluding carboxylic acids is 1. The van der Waals surface area contributed by atoms with Crippen LogP contribution in [0.25, 0.3) is 0 Å². The Balaban J connectivity index is -0.00000103. The highest BCUT2D eigenvalue weighted by Gasteiger charge is 2.20. The summed E-state index contributed by atoms with van der Waals surface area (Å²) in [5.74, 6) is -1.08. The zero-order valence-electron chi connectivity index (χ0n) is 24.5. The summed E-state index contributed by atoms with van der Waals surface area (Å²) in [5, 5.41) is 16.8. The molecule has 0 fully saturated rings. The molecule has 0 saturated heterocycles. The van der Waals surface area contributed by atoms with E-state index in [-0.39, 0.29) is 0 Å². The van der Waals surface area contributed by atoms with Crippen LogP contribution in [0.15, 0.2) is 0 Å². The maximum absolute atomic E-state index is 8.89. The van der Waals surface area contributed by atoms with E-state index in [4.69, 9.17) is 15.0 Å². The highest BCUT2D eigenvalue weighted by atomic mass is 16.4. The lowest BCUT2D eigenvalue weighted by molar-refractivity contribution is -0.910. The van der Waals surface area contributed by atoms with Gasteiger partial charge in [-0.25, -0.2) is 0 Å². The quantitative estimate of drug-likeness (QED) is 0.126. The molecule has 0 unspecified atom stereocenters. The molecule has 0 heterocycles. The van der Waals surface area contributed by atoms with Gasteiger partial charge in [-0.2, -0.15) is 0 Å². The minimum absolute atomic E-state index is 0.319. The average molecular weight is 488 g/mol. The Hall–Kier alpha value is -0.610. The Kier molecular flexibility index (Phi) is 36.1. The molecule has 0 spiro atoms. The minimum Gasteiger partial charge on any atom is -0.550 e. The Morgan fingerprint density at radius 3 is 0.971 bits per heavy atom. The van der Waals surface area contributed by atoms with Crippen molar-refractivity contribution in [2.45, 2.75) is 157 Å². The van der Waals surface area contributed by atoms with Gasteiger partial charge in [0.15, 0.2) is 0 Å². The van der Waals surface area contributed by atoms with E-state index in [1.165, 1.54) is 140 Å². The van der Waals surface area contributed by atoms with E-state index >= 15 is 0 Å². The second-order valence-corrected chi connectivity index (χ2v) is 10.3. The molecule has 208 valence electrons. The van der Waals surface area contributed by atoms with Crippen LogP contribution in [0.4, 0.5) is 0 Å². The first-order chi connectivity index (χ1) is 16.3. The predicted molar refractivity (Wildman–Crippen MR) is 149 cm³/mol. The topological polar surface area (TPSA) is 60.4 Å². The van der Waals surface area contributed by atoms with Gasteiger partial charge in [0.05, 0.1) is 26.7 Å². The third kappa shape index (κ3) is 38.6. The molecule has 0 radical (unpaired) electrons. The fraction of sp³-hybridized carbons (Fsp3) is 0.967. The number of hydrogen-bond donors (Lipinski definition) is 1. The molecule has 0 bridgehead atoms. The van der Waals surface area contributed by atoms with Gasteiger partial charge in [0.1, 0.15) is 0 Å². The lowest BCUT2D eigenvalue weighted by Gasteiger charge is -2.35. The van der Waals surface area contributed by atoms with E-state index in [1.807, 2.05) is 6.92 Å². The molecule has 0 aromatic carbocycles. The lowest BCUT2D eigenvalue weighted by atomic mass is 10.1. The van der Waals surface area contributed by atoms with Crippen LogP contribution in [0.1, 0.15) is 157 Å². The molecule has 0 amide bonds. The van der Waals surface area contributed by atoms with E-state index in [0.29, 0.717) is 6.61 Å². The van der Waals surface area contributed by atoms with Crippen molar-refractivity contribution in [1.29, 1.82) is 0 Å². The SMILES string of the molecule is CC(=O)[O-].CCCCCCCC[N+](C)(CCCCCCCC)CCCCCCCC.CCCO. The van der Waals surface area contributed by atoms with Crippen molar-refractivity contribution in [3.05, 3.63) is 0 Å². The van der Waals surface area contributed by atoms with Gasteiger partial charge in [0.2, 0.25) is 0 Å². The van der Waals surface area contributed by atoms with Crippen LogP contribution in [0.3, 0.4) is 0 Å². The van der Waals surface area contributed by atoms with Crippen LogP contribution >= 0.6 is 0 Å². The molecule has 0 saturated carbocycles. The highest BCUT2D eigenvalue weighted by Crippen LogP contribution is 2.16. The number of aliphatic hydroxyl groups excluding tert-OH is 1. The molecule has 0 aromatic heterocycles. The van der Waals surface area contributed by atoms with Crippen LogP contribution in [0, 0.1) is 0 Å². The number of rotatable bonds is 22. The Bertz CT molecular complexity index is 327. The van der Waals surface area contributed by atoms with Crippen LogP contribution in [-0.4, -0.2) is 48.8 Å². The van der Waals surface area contributed by atoms with Crippen LogP contribution in [-0.2, 0) is 4.79 Å². The van der Waals surface area contributed by atoms with Gasteiger partial charge in [0, 0.05) is 12.6 Å². The van der Waals surface area contributed by atoms with Crippen molar-refractivity contribution in [1.82, 2.24) is 0 Å². The highest BCUT2D eigenvalue weighted by molar-refractivity contribution is 5.60. The normalized spacial score (nSPS) is 10.8. The third-order valence-corrected chi connectivity index (χ3v) is 6.38. The maximum atomic E-state index is 8.89. The Labute approximate surface area is 215 Å². The summed E-state index contributed by atoms with van der Waals surface area (Å²) < 4.78 is 1.36. The number of aliphatic carboxylic acids is 1. The molecule has 0 aliphatic heterocycles. The molecule has 0 aliphatic rings. The van der Waals surface area contributed by atoms with E-state index in [2.05, 4.69) is 27.8 Å². The summed E-state index contributed by atoms with van der Waals surface area (Å²) in [6, 6.07) is 0. The lowest BCUT2D eigenvalue weighted by Crippen LogP contribution is -2.46. The van der Waals surface area contributed by atoms with Crippen molar-refractivity contribution in [2.24, 2.45) is 0 Å². The zero-order chi connectivity index (χ0) is 26.3. The van der Waals surface area contributed by atoms with Gasteiger partial charge in [-0.1, -0.05) is 105 Å². The van der Waals surface area contributed by atoms with Gasteiger partial charge in [-0.3, -0.25) is 0 Å². The summed E-state index contributed by atoms with van der Waals surface area (Å²) in [4.78, 5) is 8.89. The number of unbranched alkanes of at least 4 members (excludes halogenated alkanes) is 15. The summed E-state index contributed by atoms with van der Waals surface area (Å²) >= 11 is 0. The molecular weight excluding hydrogens is 422 g/mol. The van der Waals surface area contributed by atoms with Crippen LogP contribution < -0.4 is 5.11 Å². The molecule has 4 heteroatoms. The molecule has 0 rings (SSSR count). The molecule has 0 aromatic rings. The average Bonchev–Trinajstić information content (AvgIpc) is 2.81. The second-order valence-electron chi connectivity index (χ2n) is 10.3. The standard InChI is InChI=1S/C25H54N.C3H8O.C2H4O2/c1-5-8-11-14-17-20-23-26(4,24-21-18-15-12-9-6-2)25-22-19-16-13-10-7-3;1-2-3-4;1-2(3)4/h5-25H2,1-4H3;4H,2-3H2,1H3;1H3,(H,3,4)/q+1;;/p-1. The van der Waals surface area contributed by atoms with Gasteiger partial charge in [0.25, 0.3) is 0 Å². The fourth-order valence-electron chi connectivity index (χ4n) is 4.16. The fourth-order valence-corrected chi connectivity index (χ4v) is 4.16. The first-order valence-corrected chi connectivity index (χ1v) is 14.9. The number of hydrogen-bond acceptors (Lipinski definition) is 3. The number of quaternary nitrogens is 1. The molecule has 34 heavy (non-hydrogen) atoms. The number of nitrogens with zero attached hydrogens (tertiary/aromatic N) is 1. The van der Waals surface area contributed by atoms with Gasteiger partial charge in [-0.15, -0.1) is 0 Å². The molecule has 1 N–H and O–H groups in total. The third-order valence-electron chi connectivity index (χ3n) is 6.38. The Morgan fingerprint density at radius 2 is 0.765 bits per heavy atom. The first kappa shape index (κ1) is 37.9. The van der Waals surface area contributed by atoms with Crippen molar-refractivity contribution >= 4 is 5.97 Å². The summed E-state index contributed by atoms with van der Waals surface area (Å²) in [7, 11) is 2.56. The summed E-state index contributed by atoms with van der Waals surface area (Å²) in [6.07, 6.45) is 26.7. The summed E-state index contributed by atoms with van der Waals surface area (Å²) in [6.45, 7) is 14.4. The molecular formula is C30H65NO3. The van der Waals surface area contributed by atoms with E-state index in [9.17, 15) is 0 Å². The summed E-state index contributed by atoms with van der Waals surface area (Å²) in [5.41, 5.74) is 0. The Morgan fingerprint density at radius 1 is 0.559 bits per heavy atom. The number of carboxylic acids is 1. The van der Waals surface area contributed by atoms with Crippen molar-refractivity contribution in [3.63, 3.8) is 0 Å². The maximum Gasteiger partial charge on any atom is 0.0784 e. The van der Waals surface area contributed by atoms with E-state index in [1.54, 1.807) is 0 Å².